The highest BCUT2D eigenvalue weighted by Gasteiger charge is 2.42. The monoisotopic (exact) mass is 501 g/mol. The van der Waals surface area contributed by atoms with Crippen LogP contribution in [0, 0.1) is 23.6 Å². The summed E-state index contributed by atoms with van der Waals surface area (Å²) in [5, 5.41) is 2.76. The minimum absolute atomic E-state index is 0.0408. The van der Waals surface area contributed by atoms with Crippen molar-refractivity contribution in [3.63, 3.8) is 0 Å². The predicted molar refractivity (Wildman–Crippen MR) is 127 cm³/mol. The molecule has 3 aliphatic rings. The fourth-order valence-corrected chi connectivity index (χ4v) is 5.25. The van der Waals surface area contributed by atoms with Gasteiger partial charge in [0, 0.05) is 31.6 Å². The molecule has 36 heavy (non-hydrogen) atoms. The maximum Gasteiger partial charge on any atom is 0.407 e. The standard InChI is InChI=1S/C26H32FN3O6/c27-18-8-9-20-21(14-18)35-24(29-20)22(31)23(17-6-7-17)36-26(33)28-15-19(16-4-2-1-3-5-16)25(32)30-10-12-34-13-11-30/h8-9,14,16-17,19,23H,1-7,10-13,15H2,(H,28,33). The molecule has 2 aliphatic carbocycles. The third-order valence-corrected chi connectivity index (χ3v) is 7.43. The van der Waals surface area contributed by atoms with E-state index in [9.17, 15) is 18.8 Å². The van der Waals surface area contributed by atoms with Gasteiger partial charge in [0.15, 0.2) is 11.7 Å². The lowest BCUT2D eigenvalue weighted by Gasteiger charge is -2.35. The van der Waals surface area contributed by atoms with Gasteiger partial charge in [-0.1, -0.05) is 19.3 Å². The maximum atomic E-state index is 13.5. The lowest BCUT2D eigenvalue weighted by Crippen LogP contribution is -2.49. The number of Topliss-reactive ketones (excluding diaryl/α,β-unsaturated/α-hetero) is 1. The first-order valence-electron chi connectivity index (χ1n) is 12.9. The number of hydrogen-bond acceptors (Lipinski definition) is 7. The Morgan fingerprint density at radius 1 is 1.08 bits per heavy atom. The van der Waals surface area contributed by atoms with Gasteiger partial charge in [0.2, 0.25) is 5.91 Å². The fraction of sp³-hybridized carbons (Fsp3) is 0.615. The number of amides is 2. The Morgan fingerprint density at radius 2 is 1.83 bits per heavy atom. The summed E-state index contributed by atoms with van der Waals surface area (Å²) in [6, 6.07) is 3.83. The Labute approximate surface area is 208 Å². The Hall–Kier alpha value is -3.01. The highest BCUT2D eigenvalue weighted by molar-refractivity contribution is 5.98. The highest BCUT2D eigenvalue weighted by atomic mass is 19.1. The Morgan fingerprint density at radius 3 is 2.56 bits per heavy atom. The number of carbonyl (C=O) groups is 3. The Bertz CT molecular complexity index is 1100. The summed E-state index contributed by atoms with van der Waals surface area (Å²) in [4.78, 5) is 45.2. The number of alkyl carbamates (subject to hydrolysis) is 1. The predicted octanol–water partition coefficient (Wildman–Crippen LogP) is 3.71. The Kier molecular flexibility index (Phi) is 7.50. The van der Waals surface area contributed by atoms with E-state index in [1.54, 1.807) is 0 Å². The number of rotatable bonds is 8. The molecule has 2 amide bonds. The van der Waals surface area contributed by atoms with Crippen molar-refractivity contribution in [3.05, 3.63) is 29.9 Å². The van der Waals surface area contributed by atoms with Crippen LogP contribution < -0.4 is 5.32 Å². The molecule has 1 N–H and O–H groups in total. The lowest BCUT2D eigenvalue weighted by molar-refractivity contribution is -0.141. The molecule has 1 aromatic heterocycles. The molecular formula is C26H32FN3O6. The van der Waals surface area contributed by atoms with Crippen molar-refractivity contribution in [1.29, 1.82) is 0 Å². The van der Waals surface area contributed by atoms with Gasteiger partial charge in [-0.3, -0.25) is 9.59 Å². The zero-order chi connectivity index (χ0) is 25.1. The average Bonchev–Trinajstić information content (AvgIpc) is 3.66. The van der Waals surface area contributed by atoms with Gasteiger partial charge in [-0.2, -0.15) is 0 Å². The van der Waals surface area contributed by atoms with E-state index in [4.69, 9.17) is 13.9 Å². The van der Waals surface area contributed by atoms with Gasteiger partial charge in [0.25, 0.3) is 11.7 Å². The number of nitrogens with zero attached hydrogens (tertiary/aromatic N) is 2. The smallest absolute Gasteiger partial charge is 0.407 e. The van der Waals surface area contributed by atoms with Crippen molar-refractivity contribution in [2.24, 2.45) is 17.8 Å². The van der Waals surface area contributed by atoms with Crippen LogP contribution in [0.1, 0.15) is 55.6 Å². The zero-order valence-corrected chi connectivity index (χ0v) is 20.2. The SMILES string of the molecule is O=C(NCC(C(=O)N1CCOCC1)C1CCCCC1)OC(C(=O)c1nc2ccc(F)cc2o1)C1CC1. The molecule has 0 radical (unpaired) electrons. The molecule has 3 fully saturated rings. The third-order valence-electron chi connectivity index (χ3n) is 7.43. The van der Waals surface area contributed by atoms with Crippen molar-refractivity contribution in [3.8, 4) is 0 Å². The number of carbonyl (C=O) groups excluding carboxylic acids is 3. The molecule has 10 heteroatoms. The van der Waals surface area contributed by atoms with Crippen LogP contribution in [0.15, 0.2) is 22.6 Å². The molecule has 0 spiro atoms. The molecule has 194 valence electrons. The molecule has 2 saturated carbocycles. The molecule has 2 heterocycles. The van der Waals surface area contributed by atoms with E-state index in [2.05, 4.69) is 10.3 Å². The van der Waals surface area contributed by atoms with Gasteiger partial charge in [0.1, 0.15) is 11.3 Å². The molecule has 2 atom stereocenters. The largest absolute Gasteiger partial charge is 0.437 e. The first-order valence-corrected chi connectivity index (χ1v) is 12.9. The summed E-state index contributed by atoms with van der Waals surface area (Å²) in [5.74, 6) is -1.45. The van der Waals surface area contributed by atoms with Gasteiger partial charge >= 0.3 is 6.09 Å². The Balaban J connectivity index is 1.23. The van der Waals surface area contributed by atoms with Crippen molar-refractivity contribution in [2.75, 3.05) is 32.8 Å². The van der Waals surface area contributed by atoms with E-state index in [-0.39, 0.29) is 41.7 Å². The van der Waals surface area contributed by atoms with Gasteiger partial charge in [-0.05, 0) is 43.7 Å². The van der Waals surface area contributed by atoms with Gasteiger partial charge in [-0.25, -0.2) is 14.2 Å². The van der Waals surface area contributed by atoms with Gasteiger partial charge in [0.05, 0.1) is 19.1 Å². The second kappa shape index (κ2) is 10.9. The lowest BCUT2D eigenvalue weighted by atomic mass is 9.79. The summed E-state index contributed by atoms with van der Waals surface area (Å²) < 4.78 is 29.9. The van der Waals surface area contributed by atoms with E-state index in [0.29, 0.717) is 31.8 Å². The maximum absolute atomic E-state index is 13.5. The topological polar surface area (TPSA) is 111 Å². The summed E-state index contributed by atoms with van der Waals surface area (Å²) in [6.45, 7) is 2.31. The second-order valence-corrected chi connectivity index (χ2v) is 9.98. The van der Waals surface area contributed by atoms with E-state index in [1.807, 2.05) is 4.90 Å². The van der Waals surface area contributed by atoms with E-state index in [0.717, 1.165) is 51.0 Å². The molecule has 0 bridgehead atoms. The first kappa shape index (κ1) is 24.7. The van der Waals surface area contributed by atoms with Crippen molar-refractivity contribution < 1.29 is 32.7 Å². The van der Waals surface area contributed by atoms with Crippen LogP contribution in [0.2, 0.25) is 0 Å². The van der Waals surface area contributed by atoms with E-state index < -0.39 is 23.8 Å². The molecular weight excluding hydrogens is 469 g/mol. The summed E-state index contributed by atoms with van der Waals surface area (Å²) >= 11 is 0. The molecule has 5 rings (SSSR count). The van der Waals surface area contributed by atoms with Crippen molar-refractivity contribution in [2.45, 2.75) is 51.0 Å². The number of ether oxygens (including phenoxy) is 2. The number of morpholine rings is 1. The van der Waals surface area contributed by atoms with Crippen LogP contribution in [0.3, 0.4) is 0 Å². The first-order chi connectivity index (χ1) is 17.5. The molecule has 1 saturated heterocycles. The van der Waals surface area contributed by atoms with Gasteiger partial charge < -0.3 is 24.1 Å². The summed E-state index contributed by atoms with van der Waals surface area (Å²) in [6.07, 6.45) is 4.96. The van der Waals surface area contributed by atoms with Crippen LogP contribution >= 0.6 is 0 Å². The fourth-order valence-electron chi connectivity index (χ4n) is 5.25. The number of nitrogens with one attached hydrogen (secondary N) is 1. The van der Waals surface area contributed by atoms with Crippen molar-refractivity contribution in [1.82, 2.24) is 15.2 Å². The van der Waals surface area contributed by atoms with Gasteiger partial charge in [-0.15, -0.1) is 0 Å². The van der Waals surface area contributed by atoms with Crippen LogP contribution in [0.4, 0.5) is 9.18 Å². The third kappa shape index (κ3) is 5.69. The number of ketones is 1. The number of fused-ring (bicyclic) bond motifs is 1. The average molecular weight is 502 g/mol. The number of aromatic nitrogens is 1. The molecule has 2 aromatic rings. The quantitative estimate of drug-likeness (QED) is 0.549. The highest BCUT2D eigenvalue weighted by Crippen LogP contribution is 2.36. The van der Waals surface area contributed by atoms with Crippen LogP contribution in [-0.4, -0.2) is 66.6 Å². The minimum Gasteiger partial charge on any atom is -0.437 e. The van der Waals surface area contributed by atoms with E-state index >= 15 is 0 Å². The van der Waals surface area contributed by atoms with Crippen LogP contribution in [-0.2, 0) is 14.3 Å². The number of benzene rings is 1. The van der Waals surface area contributed by atoms with E-state index in [1.165, 1.54) is 12.1 Å². The van der Waals surface area contributed by atoms with Crippen LogP contribution in [0.25, 0.3) is 11.1 Å². The van der Waals surface area contributed by atoms with Crippen LogP contribution in [0.5, 0.6) is 0 Å². The second-order valence-electron chi connectivity index (χ2n) is 9.98. The summed E-state index contributed by atoms with van der Waals surface area (Å²) in [7, 11) is 0. The number of hydrogen-bond donors (Lipinski definition) is 1. The summed E-state index contributed by atoms with van der Waals surface area (Å²) in [5.41, 5.74) is 0.519. The molecule has 9 nitrogen and oxygen atoms in total. The molecule has 2 unspecified atom stereocenters. The zero-order valence-electron chi connectivity index (χ0n) is 20.2. The van der Waals surface area contributed by atoms with Crippen molar-refractivity contribution >= 4 is 28.9 Å². The number of oxazole rings is 1. The number of halogens is 1. The molecule has 1 aliphatic heterocycles. The normalized spacial score (nSPS) is 20.6. The molecule has 1 aromatic carbocycles. The minimum atomic E-state index is -1.04.